The average Bonchev–Trinajstić information content (AvgIpc) is 2.60. The molecular formula is C19H33IN4O2S. The highest BCUT2D eigenvalue weighted by molar-refractivity contribution is 14.0. The Morgan fingerprint density at radius 1 is 1.22 bits per heavy atom. The van der Waals surface area contributed by atoms with Crippen LogP contribution in [0, 0.1) is 5.92 Å². The van der Waals surface area contributed by atoms with E-state index in [1.807, 2.05) is 12.1 Å². The quantitative estimate of drug-likeness (QED) is 0.336. The van der Waals surface area contributed by atoms with Crippen molar-refractivity contribution in [3.8, 4) is 0 Å². The van der Waals surface area contributed by atoms with Gasteiger partial charge in [-0.1, -0.05) is 19.1 Å². The predicted octanol–water partition coefficient (Wildman–Crippen LogP) is 2.15. The number of aliphatic imine (C=N–C) groups is 1. The lowest BCUT2D eigenvalue weighted by Gasteiger charge is -2.30. The molecular weight excluding hydrogens is 475 g/mol. The minimum atomic E-state index is -3.13. The van der Waals surface area contributed by atoms with Crippen molar-refractivity contribution in [1.82, 2.24) is 15.5 Å². The fraction of sp³-hybridized carbons (Fsp3) is 0.632. The molecule has 154 valence electrons. The molecule has 0 amide bonds. The fourth-order valence-corrected chi connectivity index (χ4v) is 3.90. The van der Waals surface area contributed by atoms with E-state index in [-0.39, 0.29) is 24.0 Å². The molecule has 8 heteroatoms. The highest BCUT2D eigenvalue weighted by Gasteiger charge is 2.15. The zero-order valence-corrected chi connectivity index (χ0v) is 19.7. The molecule has 1 aromatic carbocycles. The number of hydrogen-bond donors (Lipinski definition) is 2. The molecule has 6 nitrogen and oxygen atoms in total. The Morgan fingerprint density at radius 3 is 2.48 bits per heavy atom. The van der Waals surface area contributed by atoms with E-state index in [1.54, 1.807) is 19.2 Å². The lowest BCUT2D eigenvalue weighted by Crippen LogP contribution is -2.44. The van der Waals surface area contributed by atoms with Crippen molar-refractivity contribution in [3.63, 3.8) is 0 Å². The van der Waals surface area contributed by atoms with Crippen molar-refractivity contribution < 1.29 is 8.42 Å². The van der Waals surface area contributed by atoms with Crippen LogP contribution in [-0.2, 0) is 16.3 Å². The number of rotatable bonds is 7. The highest BCUT2D eigenvalue weighted by atomic mass is 127. The number of guanidine groups is 1. The van der Waals surface area contributed by atoms with Gasteiger partial charge in [0, 0.05) is 39.5 Å². The molecule has 2 rings (SSSR count). The van der Waals surface area contributed by atoms with Gasteiger partial charge < -0.3 is 15.5 Å². The molecule has 1 aromatic rings. The van der Waals surface area contributed by atoms with Crippen molar-refractivity contribution in [2.24, 2.45) is 10.9 Å². The summed E-state index contributed by atoms with van der Waals surface area (Å²) in [6, 6.07) is 7.06. The van der Waals surface area contributed by atoms with Crippen LogP contribution in [0.25, 0.3) is 0 Å². The first-order chi connectivity index (χ1) is 12.4. The second-order valence-electron chi connectivity index (χ2n) is 7.14. The van der Waals surface area contributed by atoms with Gasteiger partial charge in [0.1, 0.15) is 0 Å². The summed E-state index contributed by atoms with van der Waals surface area (Å²) in [6.45, 7) is 7.38. The molecule has 0 spiro atoms. The maximum absolute atomic E-state index is 11.5. The van der Waals surface area contributed by atoms with Gasteiger partial charge in [-0.05, 0) is 49.4 Å². The van der Waals surface area contributed by atoms with Gasteiger partial charge in [0.2, 0.25) is 0 Å². The normalized spacial score (nSPS) is 18.6. The van der Waals surface area contributed by atoms with Gasteiger partial charge in [-0.15, -0.1) is 24.0 Å². The molecule has 0 saturated carbocycles. The second-order valence-corrected chi connectivity index (χ2v) is 9.16. The maximum atomic E-state index is 11.5. The summed E-state index contributed by atoms with van der Waals surface area (Å²) >= 11 is 0. The summed E-state index contributed by atoms with van der Waals surface area (Å²) in [5.41, 5.74) is 1.10. The first kappa shape index (κ1) is 24.2. The molecule has 1 saturated heterocycles. The Balaban J connectivity index is 0.00000364. The molecule has 2 N–H and O–H groups in total. The molecule has 0 radical (unpaired) electrons. The van der Waals surface area contributed by atoms with Gasteiger partial charge in [-0.2, -0.15) is 0 Å². The first-order valence-corrected chi connectivity index (χ1v) is 11.2. The van der Waals surface area contributed by atoms with Crippen LogP contribution < -0.4 is 10.6 Å². The molecule has 0 bridgehead atoms. The molecule has 1 unspecified atom stereocenters. The Hall–Kier alpha value is -0.870. The van der Waals surface area contributed by atoms with Crippen LogP contribution in [0.2, 0.25) is 0 Å². The summed E-state index contributed by atoms with van der Waals surface area (Å²) in [5.74, 6) is 1.61. The molecule has 1 heterocycles. The van der Waals surface area contributed by atoms with E-state index in [1.165, 1.54) is 32.2 Å². The summed E-state index contributed by atoms with van der Waals surface area (Å²) in [7, 11) is -1.35. The van der Waals surface area contributed by atoms with Gasteiger partial charge in [0.25, 0.3) is 0 Å². The monoisotopic (exact) mass is 508 g/mol. The number of halogens is 1. The Bertz CT molecular complexity index is 692. The number of likely N-dealkylation sites (tertiary alicyclic amines) is 1. The van der Waals surface area contributed by atoms with Gasteiger partial charge in [0.05, 0.1) is 4.90 Å². The van der Waals surface area contributed by atoms with Crippen LogP contribution >= 0.6 is 24.0 Å². The highest BCUT2D eigenvalue weighted by Crippen LogP contribution is 2.14. The molecule has 1 aliphatic rings. The summed E-state index contributed by atoms with van der Waals surface area (Å²) in [4.78, 5) is 7.13. The van der Waals surface area contributed by atoms with Crippen LogP contribution in [0.3, 0.4) is 0 Å². The zero-order valence-electron chi connectivity index (χ0n) is 16.6. The molecule has 1 aliphatic heterocycles. The minimum absolute atomic E-state index is 0. The van der Waals surface area contributed by atoms with Crippen LogP contribution in [0.5, 0.6) is 0 Å². The topological polar surface area (TPSA) is 73.8 Å². The van der Waals surface area contributed by atoms with E-state index in [0.29, 0.717) is 4.90 Å². The van der Waals surface area contributed by atoms with Gasteiger partial charge in [-0.3, -0.25) is 4.99 Å². The van der Waals surface area contributed by atoms with E-state index in [0.717, 1.165) is 43.5 Å². The molecule has 1 fully saturated rings. The van der Waals surface area contributed by atoms with Crippen LogP contribution in [-0.4, -0.2) is 65.3 Å². The van der Waals surface area contributed by atoms with Gasteiger partial charge in [-0.25, -0.2) is 8.42 Å². The Labute approximate surface area is 181 Å². The fourth-order valence-electron chi connectivity index (χ4n) is 3.27. The smallest absolute Gasteiger partial charge is 0.191 e. The summed E-state index contributed by atoms with van der Waals surface area (Å²) < 4.78 is 23.0. The number of hydrogen-bond acceptors (Lipinski definition) is 4. The van der Waals surface area contributed by atoms with Crippen LogP contribution in [0.4, 0.5) is 0 Å². The zero-order chi connectivity index (χ0) is 19.0. The molecule has 0 aliphatic carbocycles. The number of nitrogens with zero attached hydrogens (tertiary/aromatic N) is 2. The SMILES string of the molecule is CN=C(NCCc1ccc(S(C)(=O)=O)cc1)NCCN1CCCC(C)C1.I. The summed E-state index contributed by atoms with van der Waals surface area (Å²) in [6.07, 6.45) is 4.68. The maximum Gasteiger partial charge on any atom is 0.191 e. The van der Waals surface area contributed by atoms with E-state index >= 15 is 0 Å². The van der Waals surface area contributed by atoms with E-state index in [9.17, 15) is 8.42 Å². The number of piperidine rings is 1. The van der Waals surface area contributed by atoms with E-state index in [2.05, 4.69) is 27.4 Å². The minimum Gasteiger partial charge on any atom is -0.356 e. The largest absolute Gasteiger partial charge is 0.356 e. The van der Waals surface area contributed by atoms with Gasteiger partial charge in [0.15, 0.2) is 15.8 Å². The lowest BCUT2D eigenvalue weighted by molar-refractivity contribution is 0.187. The predicted molar refractivity (Wildman–Crippen MR) is 123 cm³/mol. The second kappa shape index (κ2) is 11.9. The van der Waals surface area contributed by atoms with Gasteiger partial charge >= 0.3 is 0 Å². The van der Waals surface area contributed by atoms with Crippen molar-refractivity contribution in [2.45, 2.75) is 31.1 Å². The standard InChI is InChI=1S/C19H32N4O2S.HI/c1-16-5-4-13-23(15-16)14-12-22-19(20-2)21-11-10-17-6-8-18(9-7-17)26(3,24)25;/h6-9,16H,4-5,10-15H2,1-3H3,(H2,20,21,22);1H. The Kier molecular flexibility index (Phi) is 10.6. The van der Waals surface area contributed by atoms with E-state index in [4.69, 9.17) is 0 Å². The molecule has 27 heavy (non-hydrogen) atoms. The Morgan fingerprint density at radius 2 is 1.89 bits per heavy atom. The third-order valence-electron chi connectivity index (χ3n) is 4.74. The number of nitrogens with one attached hydrogen (secondary N) is 2. The first-order valence-electron chi connectivity index (χ1n) is 9.34. The van der Waals surface area contributed by atoms with Crippen molar-refractivity contribution in [3.05, 3.63) is 29.8 Å². The third kappa shape index (κ3) is 8.78. The lowest BCUT2D eigenvalue weighted by atomic mass is 10.0. The third-order valence-corrected chi connectivity index (χ3v) is 5.87. The number of sulfone groups is 1. The average molecular weight is 508 g/mol. The van der Waals surface area contributed by atoms with E-state index < -0.39 is 9.84 Å². The van der Waals surface area contributed by atoms with Crippen molar-refractivity contribution >= 4 is 39.8 Å². The summed E-state index contributed by atoms with van der Waals surface area (Å²) in [5, 5.41) is 6.68. The molecule has 1 atom stereocenters. The molecule has 0 aromatic heterocycles. The number of benzene rings is 1. The van der Waals surface area contributed by atoms with Crippen molar-refractivity contribution in [2.75, 3.05) is 46.0 Å². The van der Waals surface area contributed by atoms with Crippen molar-refractivity contribution in [1.29, 1.82) is 0 Å². The van der Waals surface area contributed by atoms with Crippen LogP contribution in [0.1, 0.15) is 25.3 Å². The van der Waals surface area contributed by atoms with Crippen LogP contribution in [0.15, 0.2) is 34.2 Å².